The molecule has 0 amide bonds. The predicted octanol–water partition coefficient (Wildman–Crippen LogP) is 1.12. The first-order chi connectivity index (χ1) is 6.74. The molecule has 1 atom stereocenters. The van der Waals surface area contributed by atoms with Gasteiger partial charge in [-0.1, -0.05) is 6.07 Å². The predicted molar refractivity (Wildman–Crippen MR) is 60.8 cm³/mol. The molecule has 1 aromatic carbocycles. The van der Waals surface area contributed by atoms with Gasteiger partial charge in [-0.05, 0) is 12.1 Å². The molecule has 1 aromatic rings. The van der Waals surface area contributed by atoms with Crippen LogP contribution in [0.15, 0.2) is 18.2 Å². The maximum Gasteiger partial charge on any atom is 0.127 e. The van der Waals surface area contributed by atoms with Crippen molar-refractivity contribution >= 4 is 12.4 Å². The van der Waals surface area contributed by atoms with Gasteiger partial charge >= 0.3 is 0 Å². The Morgan fingerprint density at radius 2 is 1.73 bits per heavy atom. The Hall–Kier alpha value is -0.970. The Labute approximate surface area is 95.4 Å². The summed E-state index contributed by atoms with van der Waals surface area (Å²) in [4.78, 5) is 0. The summed E-state index contributed by atoms with van der Waals surface area (Å²) < 4.78 is 10.3. The zero-order chi connectivity index (χ0) is 10.6. The lowest BCUT2D eigenvalue weighted by atomic mass is 10.1. The smallest absolute Gasteiger partial charge is 0.127 e. The summed E-state index contributed by atoms with van der Waals surface area (Å²) >= 11 is 0. The second-order valence-corrected chi connectivity index (χ2v) is 2.87. The number of halogens is 1. The molecule has 0 aliphatic carbocycles. The van der Waals surface area contributed by atoms with Gasteiger partial charge in [0.1, 0.15) is 11.5 Å². The minimum Gasteiger partial charge on any atom is -0.496 e. The molecule has 0 saturated carbocycles. The van der Waals surface area contributed by atoms with Gasteiger partial charge in [0.15, 0.2) is 0 Å². The van der Waals surface area contributed by atoms with E-state index < -0.39 is 6.04 Å². The average molecular weight is 234 g/mol. The highest BCUT2D eigenvalue weighted by Crippen LogP contribution is 2.32. The molecular weight excluding hydrogens is 218 g/mol. The molecule has 0 fully saturated rings. The van der Waals surface area contributed by atoms with Crippen molar-refractivity contribution in [2.75, 3.05) is 20.8 Å². The lowest BCUT2D eigenvalue weighted by molar-refractivity contribution is 0.260. The molecule has 0 aromatic heterocycles. The van der Waals surface area contributed by atoms with Gasteiger partial charge in [-0.3, -0.25) is 0 Å². The van der Waals surface area contributed by atoms with E-state index in [4.69, 9.17) is 20.3 Å². The van der Waals surface area contributed by atoms with Crippen LogP contribution >= 0.6 is 12.4 Å². The number of methoxy groups -OCH3 is 2. The molecule has 0 bridgehead atoms. The van der Waals surface area contributed by atoms with Crippen molar-refractivity contribution in [3.8, 4) is 11.5 Å². The van der Waals surface area contributed by atoms with Crippen LogP contribution in [0.1, 0.15) is 11.6 Å². The fourth-order valence-corrected chi connectivity index (χ4v) is 1.34. The van der Waals surface area contributed by atoms with Gasteiger partial charge in [-0.25, -0.2) is 0 Å². The number of hydrogen-bond donors (Lipinski definition) is 2. The van der Waals surface area contributed by atoms with Crippen LogP contribution < -0.4 is 15.2 Å². The van der Waals surface area contributed by atoms with E-state index in [-0.39, 0.29) is 19.0 Å². The molecule has 0 aliphatic heterocycles. The molecule has 86 valence electrons. The van der Waals surface area contributed by atoms with E-state index in [1.54, 1.807) is 26.4 Å². The Morgan fingerprint density at radius 3 is 2.07 bits per heavy atom. The van der Waals surface area contributed by atoms with Crippen molar-refractivity contribution in [2.45, 2.75) is 6.04 Å². The summed E-state index contributed by atoms with van der Waals surface area (Å²) in [7, 11) is 3.12. The van der Waals surface area contributed by atoms with Gasteiger partial charge in [-0.2, -0.15) is 0 Å². The van der Waals surface area contributed by atoms with Crippen LogP contribution in [0.25, 0.3) is 0 Å². The third-order valence-electron chi connectivity index (χ3n) is 2.03. The number of nitrogens with two attached hydrogens (primary N) is 1. The van der Waals surface area contributed by atoms with E-state index in [0.717, 1.165) is 0 Å². The zero-order valence-corrected chi connectivity index (χ0v) is 9.58. The van der Waals surface area contributed by atoms with Crippen molar-refractivity contribution in [1.82, 2.24) is 0 Å². The third-order valence-corrected chi connectivity index (χ3v) is 2.03. The summed E-state index contributed by atoms with van der Waals surface area (Å²) in [6.45, 7) is -0.142. The van der Waals surface area contributed by atoms with Gasteiger partial charge in [0.25, 0.3) is 0 Å². The van der Waals surface area contributed by atoms with Crippen LogP contribution in [0.2, 0.25) is 0 Å². The first-order valence-electron chi connectivity index (χ1n) is 4.32. The summed E-state index contributed by atoms with van der Waals surface area (Å²) in [5.41, 5.74) is 6.43. The molecule has 3 N–H and O–H groups in total. The molecule has 0 spiro atoms. The molecule has 4 nitrogen and oxygen atoms in total. The molecule has 5 heteroatoms. The van der Waals surface area contributed by atoms with Crippen LogP contribution in [0.5, 0.6) is 11.5 Å². The number of rotatable bonds is 4. The molecule has 0 saturated heterocycles. The standard InChI is InChI=1S/C10H15NO3.ClH/c1-13-8-4-3-5-9(14-2)10(8)7(11)6-12;/h3-5,7,12H,6,11H2,1-2H3;1H/t7-;/m0./s1. The highest BCUT2D eigenvalue weighted by atomic mass is 35.5. The fraction of sp³-hybridized carbons (Fsp3) is 0.400. The normalized spacial score (nSPS) is 11.5. The van der Waals surface area contributed by atoms with Gasteiger partial charge in [-0.15, -0.1) is 12.4 Å². The first kappa shape index (κ1) is 14.0. The fourth-order valence-electron chi connectivity index (χ4n) is 1.34. The van der Waals surface area contributed by atoms with Crippen LogP contribution in [0.4, 0.5) is 0 Å². The van der Waals surface area contributed by atoms with E-state index in [9.17, 15) is 0 Å². The Balaban J connectivity index is 0.00000196. The molecule has 0 radical (unpaired) electrons. The van der Waals surface area contributed by atoms with E-state index in [1.165, 1.54) is 0 Å². The first-order valence-corrected chi connectivity index (χ1v) is 4.32. The van der Waals surface area contributed by atoms with Crippen LogP contribution in [-0.2, 0) is 0 Å². The van der Waals surface area contributed by atoms with Crippen molar-refractivity contribution in [3.63, 3.8) is 0 Å². The van der Waals surface area contributed by atoms with Crippen LogP contribution in [-0.4, -0.2) is 25.9 Å². The molecule has 0 heterocycles. The lowest BCUT2D eigenvalue weighted by Crippen LogP contribution is -2.16. The highest BCUT2D eigenvalue weighted by molar-refractivity contribution is 5.85. The number of ether oxygens (including phenoxy) is 2. The van der Waals surface area contributed by atoms with Gasteiger partial charge in [0, 0.05) is 0 Å². The van der Waals surface area contributed by atoms with Gasteiger partial charge in [0.2, 0.25) is 0 Å². The third kappa shape index (κ3) is 2.99. The number of aliphatic hydroxyl groups is 1. The molecule has 15 heavy (non-hydrogen) atoms. The largest absolute Gasteiger partial charge is 0.496 e. The van der Waals surface area contributed by atoms with Crippen LogP contribution in [0.3, 0.4) is 0 Å². The molecule has 0 unspecified atom stereocenters. The van der Waals surface area contributed by atoms with Gasteiger partial charge < -0.3 is 20.3 Å². The van der Waals surface area contributed by atoms with Crippen LogP contribution in [0, 0.1) is 0 Å². The number of aliphatic hydroxyl groups excluding tert-OH is 1. The summed E-state index contributed by atoms with van der Waals surface area (Å²) in [5.74, 6) is 1.26. The maximum atomic E-state index is 8.99. The SMILES string of the molecule is COc1cccc(OC)c1[C@@H](N)CO.Cl. The average Bonchev–Trinajstić information content (AvgIpc) is 2.26. The number of benzene rings is 1. The molecule has 0 aliphatic rings. The molecular formula is C10H16ClNO3. The lowest BCUT2D eigenvalue weighted by Gasteiger charge is -2.16. The van der Waals surface area contributed by atoms with Crippen molar-refractivity contribution < 1.29 is 14.6 Å². The summed E-state index contributed by atoms with van der Waals surface area (Å²) in [6, 6.07) is 4.90. The monoisotopic (exact) mass is 233 g/mol. The summed E-state index contributed by atoms with van der Waals surface area (Å²) in [5, 5.41) is 8.99. The van der Waals surface area contributed by atoms with Crippen molar-refractivity contribution in [1.29, 1.82) is 0 Å². The highest BCUT2D eigenvalue weighted by Gasteiger charge is 2.16. The minimum absolute atomic E-state index is 0. The minimum atomic E-state index is -0.485. The van der Waals surface area contributed by atoms with E-state index in [1.807, 2.05) is 6.07 Å². The van der Waals surface area contributed by atoms with E-state index in [0.29, 0.717) is 17.1 Å². The van der Waals surface area contributed by atoms with Crippen molar-refractivity contribution in [2.24, 2.45) is 5.73 Å². The van der Waals surface area contributed by atoms with E-state index >= 15 is 0 Å². The number of hydrogen-bond acceptors (Lipinski definition) is 4. The van der Waals surface area contributed by atoms with Crippen molar-refractivity contribution in [3.05, 3.63) is 23.8 Å². The van der Waals surface area contributed by atoms with Gasteiger partial charge in [0.05, 0.1) is 32.4 Å². The Kier molecular flexibility index (Phi) is 6.08. The Bertz CT molecular complexity index is 284. The quantitative estimate of drug-likeness (QED) is 0.818. The topological polar surface area (TPSA) is 64.7 Å². The van der Waals surface area contributed by atoms with E-state index in [2.05, 4.69) is 0 Å². The second-order valence-electron chi connectivity index (χ2n) is 2.87. The zero-order valence-electron chi connectivity index (χ0n) is 8.77. The Morgan fingerprint density at radius 1 is 1.27 bits per heavy atom. The summed E-state index contributed by atoms with van der Waals surface area (Å²) in [6.07, 6.45) is 0. The molecule has 1 rings (SSSR count). The maximum absolute atomic E-state index is 8.99. The second kappa shape index (κ2) is 6.50.